The van der Waals surface area contributed by atoms with Gasteiger partial charge in [-0.3, -0.25) is 4.79 Å². The van der Waals surface area contributed by atoms with Crippen LogP contribution in [0.15, 0.2) is 24.3 Å². The monoisotopic (exact) mass is 178 g/mol. The fraction of sp³-hybridized carbons (Fsp3) is 0.364. The number of phenols is 1. The van der Waals surface area contributed by atoms with Crippen molar-refractivity contribution in [3.63, 3.8) is 0 Å². The average Bonchev–Trinajstić information content (AvgIpc) is 2.04. The lowest BCUT2D eigenvalue weighted by Crippen LogP contribution is -2.01. The van der Waals surface area contributed by atoms with E-state index in [0.717, 1.165) is 12.0 Å². The predicted molar refractivity (Wildman–Crippen MR) is 51.7 cm³/mol. The summed E-state index contributed by atoms with van der Waals surface area (Å²) in [7, 11) is 0. The molecule has 0 amide bonds. The van der Waals surface area contributed by atoms with Crippen LogP contribution in [0, 0.1) is 0 Å². The molecule has 1 aromatic carbocycles. The Balaban J connectivity index is 2.58. The maximum Gasteiger partial charge on any atom is 0.137 e. The Morgan fingerprint density at radius 2 is 2.23 bits per heavy atom. The molecule has 1 rings (SSSR count). The molecule has 0 spiro atoms. The zero-order chi connectivity index (χ0) is 9.68. The molecule has 70 valence electrons. The lowest BCUT2D eigenvalue weighted by Gasteiger charge is -2.00. The van der Waals surface area contributed by atoms with Gasteiger partial charge < -0.3 is 5.11 Å². The Kier molecular flexibility index (Phi) is 3.50. The summed E-state index contributed by atoms with van der Waals surface area (Å²) in [5.74, 6) is 0.454. The zero-order valence-corrected chi connectivity index (χ0v) is 7.79. The Hall–Kier alpha value is -1.31. The van der Waals surface area contributed by atoms with Gasteiger partial charge in [-0.05, 0) is 24.1 Å². The largest absolute Gasteiger partial charge is 0.508 e. The zero-order valence-electron chi connectivity index (χ0n) is 7.79. The third-order valence-electron chi connectivity index (χ3n) is 1.84. The lowest BCUT2D eigenvalue weighted by molar-refractivity contribution is -0.118. The second-order valence-corrected chi connectivity index (χ2v) is 3.14. The number of carbonyl (C=O) groups excluding carboxylic acids is 1. The van der Waals surface area contributed by atoms with Gasteiger partial charge in [0.15, 0.2) is 0 Å². The summed E-state index contributed by atoms with van der Waals surface area (Å²) < 4.78 is 0. The number of hydrogen-bond acceptors (Lipinski definition) is 2. The van der Waals surface area contributed by atoms with Gasteiger partial charge in [-0.25, -0.2) is 0 Å². The van der Waals surface area contributed by atoms with Crippen molar-refractivity contribution in [3.05, 3.63) is 29.8 Å². The van der Waals surface area contributed by atoms with Crippen LogP contribution >= 0.6 is 0 Å². The minimum absolute atomic E-state index is 0.224. The Morgan fingerprint density at radius 1 is 1.46 bits per heavy atom. The summed E-state index contributed by atoms with van der Waals surface area (Å²) in [5, 5.41) is 9.14. The first kappa shape index (κ1) is 9.78. The van der Waals surface area contributed by atoms with Gasteiger partial charge >= 0.3 is 0 Å². The van der Waals surface area contributed by atoms with Crippen LogP contribution in [0.3, 0.4) is 0 Å². The fourth-order valence-electron chi connectivity index (χ4n) is 1.26. The van der Waals surface area contributed by atoms with E-state index in [2.05, 4.69) is 0 Å². The van der Waals surface area contributed by atoms with Crippen molar-refractivity contribution in [2.24, 2.45) is 0 Å². The van der Waals surface area contributed by atoms with Gasteiger partial charge in [-0.15, -0.1) is 0 Å². The van der Waals surface area contributed by atoms with E-state index in [-0.39, 0.29) is 11.5 Å². The van der Waals surface area contributed by atoms with Crippen LogP contribution in [0.25, 0.3) is 0 Å². The molecular formula is C11H14O2. The normalized spacial score (nSPS) is 9.92. The van der Waals surface area contributed by atoms with Crippen molar-refractivity contribution in [1.29, 1.82) is 0 Å². The van der Waals surface area contributed by atoms with E-state index in [1.807, 2.05) is 13.0 Å². The first-order valence-corrected chi connectivity index (χ1v) is 4.52. The van der Waals surface area contributed by atoms with E-state index >= 15 is 0 Å². The summed E-state index contributed by atoms with van der Waals surface area (Å²) in [5.41, 5.74) is 0.887. The molecule has 2 heteroatoms. The molecule has 0 atom stereocenters. The van der Waals surface area contributed by atoms with Crippen molar-refractivity contribution < 1.29 is 9.90 Å². The highest BCUT2D eigenvalue weighted by molar-refractivity contribution is 5.80. The second kappa shape index (κ2) is 4.65. The Morgan fingerprint density at radius 3 is 2.85 bits per heavy atom. The number of rotatable bonds is 4. The van der Waals surface area contributed by atoms with Gasteiger partial charge in [0.05, 0.1) is 0 Å². The highest BCUT2D eigenvalue weighted by Crippen LogP contribution is 2.12. The van der Waals surface area contributed by atoms with Crippen LogP contribution < -0.4 is 0 Å². The van der Waals surface area contributed by atoms with Crippen LogP contribution in [-0.2, 0) is 11.2 Å². The molecule has 0 bridgehead atoms. The molecule has 0 radical (unpaired) electrons. The molecule has 1 N–H and O–H groups in total. The average molecular weight is 178 g/mol. The molecule has 0 heterocycles. The van der Waals surface area contributed by atoms with Crippen molar-refractivity contribution in [2.45, 2.75) is 26.2 Å². The molecule has 0 fully saturated rings. The summed E-state index contributed by atoms with van der Waals surface area (Å²) >= 11 is 0. The standard InChI is InChI=1S/C11H14O2/c1-2-4-10(12)7-9-5-3-6-11(13)8-9/h3,5-6,8,13H,2,4,7H2,1H3. The van der Waals surface area contributed by atoms with E-state index in [1.165, 1.54) is 0 Å². The topological polar surface area (TPSA) is 37.3 Å². The van der Waals surface area contributed by atoms with E-state index in [4.69, 9.17) is 5.11 Å². The van der Waals surface area contributed by atoms with Gasteiger partial charge in [0.25, 0.3) is 0 Å². The third kappa shape index (κ3) is 3.28. The molecule has 0 aliphatic carbocycles. The Bertz CT molecular complexity index is 292. The number of Topliss-reactive ketones (excluding diaryl/α,β-unsaturated/α-hetero) is 1. The molecule has 1 aromatic rings. The summed E-state index contributed by atoms with van der Waals surface area (Å²) in [6.45, 7) is 1.99. The van der Waals surface area contributed by atoms with Crippen LogP contribution in [0.5, 0.6) is 5.75 Å². The number of phenolic OH excluding ortho intramolecular Hbond substituents is 1. The number of ketones is 1. The summed E-state index contributed by atoms with van der Waals surface area (Å²) in [6, 6.07) is 6.85. The van der Waals surface area contributed by atoms with Gasteiger partial charge in [0, 0.05) is 12.8 Å². The van der Waals surface area contributed by atoms with E-state index in [9.17, 15) is 4.79 Å². The summed E-state index contributed by atoms with van der Waals surface area (Å²) in [6.07, 6.45) is 1.94. The summed E-state index contributed by atoms with van der Waals surface area (Å²) in [4.78, 5) is 11.2. The fourth-order valence-corrected chi connectivity index (χ4v) is 1.26. The smallest absolute Gasteiger partial charge is 0.137 e. The Labute approximate surface area is 78.2 Å². The maximum absolute atomic E-state index is 11.2. The molecular weight excluding hydrogens is 164 g/mol. The molecule has 0 saturated carbocycles. The van der Waals surface area contributed by atoms with E-state index < -0.39 is 0 Å². The number of aromatic hydroxyl groups is 1. The SMILES string of the molecule is CCCC(=O)Cc1cccc(O)c1. The minimum Gasteiger partial charge on any atom is -0.508 e. The first-order valence-electron chi connectivity index (χ1n) is 4.52. The quantitative estimate of drug-likeness (QED) is 0.768. The minimum atomic E-state index is 0.224. The van der Waals surface area contributed by atoms with Gasteiger partial charge in [-0.1, -0.05) is 19.1 Å². The molecule has 0 unspecified atom stereocenters. The molecule has 0 aromatic heterocycles. The third-order valence-corrected chi connectivity index (χ3v) is 1.84. The molecule has 0 aliphatic rings. The van der Waals surface area contributed by atoms with Crippen molar-refractivity contribution in [2.75, 3.05) is 0 Å². The predicted octanol–water partition coefficient (Wildman–Crippen LogP) is 2.30. The number of benzene rings is 1. The first-order chi connectivity index (χ1) is 6.22. The van der Waals surface area contributed by atoms with Gasteiger partial charge in [-0.2, -0.15) is 0 Å². The van der Waals surface area contributed by atoms with Crippen molar-refractivity contribution >= 4 is 5.78 Å². The maximum atomic E-state index is 11.2. The van der Waals surface area contributed by atoms with E-state index in [1.54, 1.807) is 18.2 Å². The second-order valence-electron chi connectivity index (χ2n) is 3.14. The van der Waals surface area contributed by atoms with Crippen molar-refractivity contribution in [3.8, 4) is 5.75 Å². The van der Waals surface area contributed by atoms with Crippen LogP contribution in [0.1, 0.15) is 25.3 Å². The van der Waals surface area contributed by atoms with E-state index in [0.29, 0.717) is 12.8 Å². The number of hydrogen-bond donors (Lipinski definition) is 1. The lowest BCUT2D eigenvalue weighted by atomic mass is 10.1. The van der Waals surface area contributed by atoms with Gasteiger partial charge in [0.2, 0.25) is 0 Å². The van der Waals surface area contributed by atoms with Crippen LogP contribution in [0.2, 0.25) is 0 Å². The van der Waals surface area contributed by atoms with Crippen LogP contribution in [0.4, 0.5) is 0 Å². The van der Waals surface area contributed by atoms with Crippen LogP contribution in [-0.4, -0.2) is 10.9 Å². The molecule has 0 saturated heterocycles. The molecule has 2 nitrogen and oxygen atoms in total. The highest BCUT2D eigenvalue weighted by Gasteiger charge is 2.02. The van der Waals surface area contributed by atoms with Gasteiger partial charge in [0.1, 0.15) is 11.5 Å². The van der Waals surface area contributed by atoms with Crippen molar-refractivity contribution in [1.82, 2.24) is 0 Å². The number of carbonyl (C=O) groups is 1. The highest BCUT2D eigenvalue weighted by atomic mass is 16.3. The molecule has 13 heavy (non-hydrogen) atoms. The molecule has 0 aliphatic heterocycles.